The Labute approximate surface area is 238 Å². The summed E-state index contributed by atoms with van der Waals surface area (Å²) in [5.74, 6) is 2.12. The molecule has 0 saturated heterocycles. The molecule has 5 aromatic rings. The van der Waals surface area contributed by atoms with Crippen LogP contribution >= 0.6 is 11.6 Å². The highest BCUT2D eigenvalue weighted by atomic mass is 35.5. The molecular formula is C31H30ClN3O5. The summed E-state index contributed by atoms with van der Waals surface area (Å²) in [6.45, 7) is 1.02. The Morgan fingerprint density at radius 3 is 1.55 bits per heavy atom. The second-order valence-corrected chi connectivity index (χ2v) is 8.24. The molecule has 0 aliphatic rings. The third-order valence-corrected chi connectivity index (χ3v) is 5.36. The normalized spacial score (nSPS) is 9.68. The molecule has 0 unspecified atom stereocenters. The predicted octanol–water partition coefficient (Wildman–Crippen LogP) is 6.78. The van der Waals surface area contributed by atoms with E-state index in [-0.39, 0.29) is 11.6 Å². The van der Waals surface area contributed by atoms with Gasteiger partial charge in [0.1, 0.15) is 13.2 Å². The average molecular weight is 560 g/mol. The van der Waals surface area contributed by atoms with Crippen LogP contribution in [-0.2, 0) is 13.2 Å². The SMILES string of the molecule is COc1ncccc1O.COc1ncccc1OCc1ccccc1.Clc1ncccc1OCc1ccccc1. The summed E-state index contributed by atoms with van der Waals surface area (Å²) in [5.41, 5.74) is 2.23. The fraction of sp³-hybridized carbons (Fsp3) is 0.129. The van der Waals surface area contributed by atoms with Crippen LogP contribution in [0.4, 0.5) is 0 Å². The molecular weight excluding hydrogens is 530 g/mol. The maximum absolute atomic E-state index is 8.92. The highest BCUT2D eigenvalue weighted by molar-refractivity contribution is 6.30. The van der Waals surface area contributed by atoms with Gasteiger partial charge in [0, 0.05) is 18.6 Å². The van der Waals surface area contributed by atoms with Crippen LogP contribution in [0.1, 0.15) is 11.1 Å². The van der Waals surface area contributed by atoms with Crippen LogP contribution < -0.4 is 18.9 Å². The Balaban J connectivity index is 0.000000172. The molecule has 5 rings (SSSR count). The number of benzene rings is 2. The first-order chi connectivity index (χ1) is 19.6. The zero-order valence-corrected chi connectivity index (χ0v) is 22.9. The fourth-order valence-corrected chi connectivity index (χ4v) is 3.30. The molecule has 0 radical (unpaired) electrons. The topological polar surface area (TPSA) is 95.8 Å². The third-order valence-electron chi connectivity index (χ3n) is 5.07. The molecule has 40 heavy (non-hydrogen) atoms. The lowest BCUT2D eigenvalue weighted by molar-refractivity contribution is 0.279. The second-order valence-electron chi connectivity index (χ2n) is 7.88. The second kappa shape index (κ2) is 16.9. The van der Waals surface area contributed by atoms with Crippen molar-refractivity contribution in [2.75, 3.05) is 14.2 Å². The number of ether oxygens (including phenoxy) is 4. The van der Waals surface area contributed by atoms with Crippen molar-refractivity contribution in [3.63, 3.8) is 0 Å². The van der Waals surface area contributed by atoms with Crippen molar-refractivity contribution in [1.82, 2.24) is 15.0 Å². The highest BCUT2D eigenvalue weighted by Crippen LogP contribution is 2.24. The van der Waals surface area contributed by atoms with E-state index in [0.717, 1.165) is 11.1 Å². The monoisotopic (exact) mass is 559 g/mol. The fourth-order valence-electron chi connectivity index (χ4n) is 3.13. The van der Waals surface area contributed by atoms with Crippen molar-refractivity contribution in [2.45, 2.75) is 13.2 Å². The summed E-state index contributed by atoms with van der Waals surface area (Å²) < 4.78 is 20.9. The van der Waals surface area contributed by atoms with Crippen LogP contribution in [0.5, 0.6) is 29.0 Å². The standard InChI is InChI=1S/C13H13NO2.C12H10ClNO.C6H7NO2/c1-15-13-12(8-5-9-14-13)16-10-11-6-3-2-4-7-11;13-12-11(7-4-8-14-12)15-9-10-5-2-1-3-6-10;1-9-6-5(8)3-2-4-7-6/h2-9H,10H2,1H3;1-8H,9H2;2-4,8H,1H3. The van der Waals surface area contributed by atoms with E-state index in [1.807, 2.05) is 72.8 Å². The Hall–Kier alpha value is -4.82. The number of pyridine rings is 3. The maximum atomic E-state index is 8.92. The zero-order chi connectivity index (χ0) is 28.4. The van der Waals surface area contributed by atoms with Gasteiger partial charge in [-0.3, -0.25) is 0 Å². The molecule has 2 aromatic carbocycles. The number of rotatable bonds is 8. The molecule has 3 aromatic heterocycles. The molecule has 0 aliphatic heterocycles. The van der Waals surface area contributed by atoms with Crippen LogP contribution in [0.2, 0.25) is 5.15 Å². The average Bonchev–Trinajstić information content (AvgIpc) is 3.02. The summed E-state index contributed by atoms with van der Waals surface area (Å²) in [6, 6.07) is 30.3. The number of hydrogen-bond acceptors (Lipinski definition) is 8. The van der Waals surface area contributed by atoms with Gasteiger partial charge in [0.25, 0.3) is 11.8 Å². The third kappa shape index (κ3) is 10.2. The number of methoxy groups -OCH3 is 2. The maximum Gasteiger partial charge on any atom is 0.256 e. The molecule has 1 N–H and O–H groups in total. The summed E-state index contributed by atoms with van der Waals surface area (Å²) >= 11 is 5.85. The molecule has 0 saturated carbocycles. The number of nitrogens with zero attached hydrogens (tertiary/aromatic N) is 3. The Morgan fingerprint density at radius 1 is 0.575 bits per heavy atom. The minimum Gasteiger partial charge on any atom is -0.503 e. The van der Waals surface area contributed by atoms with E-state index in [0.29, 0.717) is 35.7 Å². The summed E-state index contributed by atoms with van der Waals surface area (Å²) in [4.78, 5) is 11.7. The summed E-state index contributed by atoms with van der Waals surface area (Å²) in [6.07, 6.45) is 4.87. The molecule has 9 heteroatoms. The molecule has 3 heterocycles. The Kier molecular flexibility index (Phi) is 12.6. The number of aromatic hydroxyl groups is 1. The van der Waals surface area contributed by atoms with Gasteiger partial charge in [-0.15, -0.1) is 0 Å². The van der Waals surface area contributed by atoms with Crippen molar-refractivity contribution in [3.8, 4) is 29.0 Å². The van der Waals surface area contributed by atoms with Crippen molar-refractivity contribution < 1.29 is 24.1 Å². The van der Waals surface area contributed by atoms with Crippen LogP contribution in [0.25, 0.3) is 0 Å². The Morgan fingerprint density at radius 2 is 1.05 bits per heavy atom. The van der Waals surface area contributed by atoms with Gasteiger partial charge >= 0.3 is 0 Å². The quantitative estimate of drug-likeness (QED) is 0.208. The first-order valence-corrected chi connectivity index (χ1v) is 12.6. The van der Waals surface area contributed by atoms with E-state index in [9.17, 15) is 0 Å². The molecule has 0 bridgehead atoms. The lowest BCUT2D eigenvalue weighted by atomic mass is 10.2. The van der Waals surface area contributed by atoms with Crippen LogP contribution in [-0.4, -0.2) is 34.3 Å². The van der Waals surface area contributed by atoms with Crippen LogP contribution in [0.15, 0.2) is 116 Å². The van der Waals surface area contributed by atoms with Gasteiger partial charge in [0.15, 0.2) is 22.4 Å². The smallest absolute Gasteiger partial charge is 0.256 e. The van der Waals surface area contributed by atoms with Crippen molar-refractivity contribution in [1.29, 1.82) is 0 Å². The number of aromatic nitrogens is 3. The number of hydrogen-bond donors (Lipinski definition) is 1. The van der Waals surface area contributed by atoms with Gasteiger partial charge < -0.3 is 24.1 Å². The molecule has 8 nitrogen and oxygen atoms in total. The van der Waals surface area contributed by atoms with Gasteiger partial charge in [0.05, 0.1) is 14.2 Å². The van der Waals surface area contributed by atoms with E-state index >= 15 is 0 Å². The van der Waals surface area contributed by atoms with Crippen LogP contribution in [0, 0.1) is 0 Å². The van der Waals surface area contributed by atoms with E-state index in [2.05, 4.69) is 19.7 Å². The highest BCUT2D eigenvalue weighted by Gasteiger charge is 2.04. The van der Waals surface area contributed by atoms with Gasteiger partial charge in [-0.25, -0.2) is 15.0 Å². The van der Waals surface area contributed by atoms with E-state index in [1.54, 1.807) is 43.9 Å². The predicted molar refractivity (Wildman–Crippen MR) is 154 cm³/mol. The van der Waals surface area contributed by atoms with Crippen molar-refractivity contribution in [3.05, 3.63) is 132 Å². The lowest BCUT2D eigenvalue weighted by Gasteiger charge is -2.08. The largest absolute Gasteiger partial charge is 0.503 e. The summed E-state index contributed by atoms with van der Waals surface area (Å²) in [7, 11) is 3.04. The van der Waals surface area contributed by atoms with Gasteiger partial charge in [0.2, 0.25) is 0 Å². The summed E-state index contributed by atoms with van der Waals surface area (Å²) in [5, 5.41) is 9.32. The lowest BCUT2D eigenvalue weighted by Crippen LogP contribution is -1.98. The zero-order valence-electron chi connectivity index (χ0n) is 22.2. The van der Waals surface area contributed by atoms with E-state index in [1.165, 1.54) is 13.2 Å². The van der Waals surface area contributed by atoms with Gasteiger partial charge in [-0.1, -0.05) is 72.3 Å². The van der Waals surface area contributed by atoms with Gasteiger partial charge in [-0.2, -0.15) is 0 Å². The molecule has 0 amide bonds. The van der Waals surface area contributed by atoms with Crippen LogP contribution in [0.3, 0.4) is 0 Å². The molecule has 0 fully saturated rings. The minimum absolute atomic E-state index is 0.0694. The molecule has 0 aliphatic carbocycles. The first kappa shape index (κ1) is 29.7. The molecule has 0 spiro atoms. The molecule has 206 valence electrons. The van der Waals surface area contributed by atoms with Gasteiger partial charge in [-0.05, 0) is 47.5 Å². The minimum atomic E-state index is 0.0694. The Bertz CT molecular complexity index is 1410. The molecule has 0 atom stereocenters. The van der Waals surface area contributed by atoms with E-state index in [4.69, 9.17) is 30.9 Å². The van der Waals surface area contributed by atoms with E-state index < -0.39 is 0 Å². The van der Waals surface area contributed by atoms with Crippen molar-refractivity contribution >= 4 is 11.6 Å². The van der Waals surface area contributed by atoms with Crippen molar-refractivity contribution in [2.24, 2.45) is 0 Å². The first-order valence-electron chi connectivity index (χ1n) is 12.2. The number of halogens is 1.